The zero-order chi connectivity index (χ0) is 13.7. The van der Waals surface area contributed by atoms with Gasteiger partial charge in [0.15, 0.2) is 9.84 Å². The van der Waals surface area contributed by atoms with Gasteiger partial charge in [0.05, 0.1) is 10.5 Å². The summed E-state index contributed by atoms with van der Waals surface area (Å²) in [5, 5.41) is 2.97. The second-order valence-corrected chi connectivity index (χ2v) is 8.08. The summed E-state index contributed by atoms with van der Waals surface area (Å²) in [6.07, 6.45) is 0.391. The van der Waals surface area contributed by atoms with Crippen LogP contribution < -0.4 is 5.32 Å². The molecule has 0 aromatic rings. The molecule has 0 aromatic heterocycles. The summed E-state index contributed by atoms with van der Waals surface area (Å²) >= 11 is 0. The Bertz CT molecular complexity index is 342. The van der Waals surface area contributed by atoms with E-state index in [2.05, 4.69) is 5.32 Å². The van der Waals surface area contributed by atoms with Crippen LogP contribution in [0.15, 0.2) is 0 Å². The van der Waals surface area contributed by atoms with Crippen molar-refractivity contribution in [3.8, 4) is 0 Å². The normalized spacial score (nSPS) is 12.5. The SMILES string of the molecule is CN(C)C(=O)CCNCCS(=O)(=O)C(C)(C)C. The molecule has 0 unspecified atom stereocenters. The molecule has 5 nitrogen and oxygen atoms in total. The fourth-order valence-electron chi connectivity index (χ4n) is 1.06. The highest BCUT2D eigenvalue weighted by Gasteiger charge is 2.27. The molecule has 0 radical (unpaired) electrons. The Morgan fingerprint density at radius 3 is 2.12 bits per heavy atom. The Morgan fingerprint density at radius 2 is 1.71 bits per heavy atom. The second-order valence-electron chi connectivity index (χ2n) is 5.22. The van der Waals surface area contributed by atoms with E-state index in [0.717, 1.165) is 0 Å². The summed E-state index contributed by atoms with van der Waals surface area (Å²) in [5.41, 5.74) is 0. The largest absolute Gasteiger partial charge is 0.349 e. The lowest BCUT2D eigenvalue weighted by atomic mass is 10.3. The first-order valence-electron chi connectivity index (χ1n) is 5.71. The molecule has 102 valence electrons. The number of amides is 1. The van der Waals surface area contributed by atoms with Crippen LogP contribution in [0.3, 0.4) is 0 Å². The number of rotatable bonds is 6. The molecule has 0 saturated carbocycles. The molecule has 0 aliphatic carbocycles. The van der Waals surface area contributed by atoms with Crippen LogP contribution >= 0.6 is 0 Å². The molecular weight excluding hydrogens is 240 g/mol. The van der Waals surface area contributed by atoms with E-state index in [4.69, 9.17) is 0 Å². The Balaban J connectivity index is 3.85. The van der Waals surface area contributed by atoms with Crippen LogP contribution in [-0.2, 0) is 14.6 Å². The summed E-state index contributed by atoms with van der Waals surface area (Å²) in [6, 6.07) is 0. The monoisotopic (exact) mass is 264 g/mol. The molecule has 0 aliphatic heterocycles. The van der Waals surface area contributed by atoms with Crippen LogP contribution in [0.4, 0.5) is 0 Å². The molecule has 0 rings (SSSR count). The van der Waals surface area contributed by atoms with E-state index in [1.54, 1.807) is 34.9 Å². The lowest BCUT2D eigenvalue weighted by Crippen LogP contribution is -2.35. The highest BCUT2D eigenvalue weighted by Crippen LogP contribution is 2.15. The van der Waals surface area contributed by atoms with Gasteiger partial charge in [-0.1, -0.05) is 0 Å². The van der Waals surface area contributed by atoms with Crippen LogP contribution in [-0.4, -0.2) is 56.9 Å². The highest BCUT2D eigenvalue weighted by atomic mass is 32.2. The topological polar surface area (TPSA) is 66.5 Å². The van der Waals surface area contributed by atoms with Gasteiger partial charge in [0.25, 0.3) is 0 Å². The van der Waals surface area contributed by atoms with Crippen LogP contribution in [0.1, 0.15) is 27.2 Å². The van der Waals surface area contributed by atoms with Crippen molar-refractivity contribution in [1.29, 1.82) is 0 Å². The van der Waals surface area contributed by atoms with Gasteiger partial charge in [-0.25, -0.2) is 8.42 Å². The van der Waals surface area contributed by atoms with Crippen LogP contribution in [0.2, 0.25) is 0 Å². The number of carbonyl (C=O) groups excluding carboxylic acids is 1. The molecule has 0 saturated heterocycles. The molecule has 0 heterocycles. The van der Waals surface area contributed by atoms with Gasteiger partial charge in [0, 0.05) is 33.6 Å². The second kappa shape index (κ2) is 6.35. The molecular formula is C11H24N2O3S. The summed E-state index contributed by atoms with van der Waals surface area (Å²) in [6.45, 7) is 5.98. The standard InChI is InChI=1S/C11H24N2O3S/c1-11(2,3)17(15,16)9-8-12-7-6-10(14)13(4)5/h12H,6-9H2,1-5H3. The van der Waals surface area contributed by atoms with Crippen LogP contribution in [0, 0.1) is 0 Å². The number of hydrogen-bond acceptors (Lipinski definition) is 4. The minimum absolute atomic E-state index is 0.0381. The molecule has 0 aliphatic rings. The van der Waals surface area contributed by atoms with Crippen molar-refractivity contribution in [3.63, 3.8) is 0 Å². The lowest BCUT2D eigenvalue weighted by Gasteiger charge is -2.19. The van der Waals surface area contributed by atoms with Gasteiger partial charge >= 0.3 is 0 Å². The molecule has 6 heteroatoms. The first-order valence-corrected chi connectivity index (χ1v) is 7.36. The lowest BCUT2D eigenvalue weighted by molar-refractivity contribution is -0.128. The predicted molar refractivity (Wildman–Crippen MR) is 69.7 cm³/mol. The number of carbonyl (C=O) groups is 1. The zero-order valence-corrected chi connectivity index (χ0v) is 12.2. The van der Waals surface area contributed by atoms with Crippen molar-refractivity contribution in [2.45, 2.75) is 31.9 Å². The van der Waals surface area contributed by atoms with Gasteiger partial charge in [-0.15, -0.1) is 0 Å². The molecule has 1 amide bonds. The van der Waals surface area contributed by atoms with Crippen LogP contribution in [0.25, 0.3) is 0 Å². The van der Waals surface area contributed by atoms with Crippen molar-refractivity contribution >= 4 is 15.7 Å². The van der Waals surface area contributed by atoms with E-state index in [1.165, 1.54) is 4.90 Å². The minimum Gasteiger partial charge on any atom is -0.349 e. The Hall–Kier alpha value is -0.620. The summed E-state index contributed by atoms with van der Waals surface area (Å²) in [5.74, 6) is 0.142. The van der Waals surface area contributed by atoms with E-state index in [9.17, 15) is 13.2 Å². The number of nitrogens with zero attached hydrogens (tertiary/aromatic N) is 1. The first-order chi connectivity index (χ1) is 7.58. The molecule has 17 heavy (non-hydrogen) atoms. The quantitative estimate of drug-likeness (QED) is 0.699. The molecule has 0 bridgehead atoms. The van der Waals surface area contributed by atoms with Crippen molar-refractivity contribution in [2.24, 2.45) is 0 Å². The maximum atomic E-state index is 11.7. The average Bonchev–Trinajstić information content (AvgIpc) is 2.14. The number of nitrogens with one attached hydrogen (secondary N) is 1. The van der Waals surface area contributed by atoms with E-state index >= 15 is 0 Å². The highest BCUT2D eigenvalue weighted by molar-refractivity contribution is 7.92. The third-order valence-electron chi connectivity index (χ3n) is 2.50. The molecule has 0 aromatic carbocycles. The summed E-state index contributed by atoms with van der Waals surface area (Å²) < 4.78 is 22.8. The zero-order valence-electron chi connectivity index (χ0n) is 11.4. The Morgan fingerprint density at radius 1 is 1.18 bits per heavy atom. The fraction of sp³-hybridized carbons (Fsp3) is 0.909. The van der Waals surface area contributed by atoms with Crippen molar-refractivity contribution < 1.29 is 13.2 Å². The molecule has 0 fully saturated rings. The van der Waals surface area contributed by atoms with E-state index < -0.39 is 14.6 Å². The smallest absolute Gasteiger partial charge is 0.223 e. The van der Waals surface area contributed by atoms with Crippen molar-refractivity contribution in [2.75, 3.05) is 32.9 Å². The van der Waals surface area contributed by atoms with Gasteiger partial charge in [0.1, 0.15) is 0 Å². The summed E-state index contributed by atoms with van der Waals surface area (Å²) in [4.78, 5) is 12.8. The van der Waals surface area contributed by atoms with Gasteiger partial charge in [-0.3, -0.25) is 4.79 Å². The van der Waals surface area contributed by atoms with Gasteiger partial charge < -0.3 is 10.2 Å². The number of sulfone groups is 1. The maximum absolute atomic E-state index is 11.7. The summed E-state index contributed by atoms with van der Waals surface area (Å²) in [7, 11) is 0.329. The van der Waals surface area contributed by atoms with Gasteiger partial charge in [-0.2, -0.15) is 0 Å². The maximum Gasteiger partial charge on any atom is 0.223 e. The number of hydrogen-bond donors (Lipinski definition) is 1. The fourth-order valence-corrected chi connectivity index (χ4v) is 2.08. The minimum atomic E-state index is -3.07. The van der Waals surface area contributed by atoms with Crippen LogP contribution in [0.5, 0.6) is 0 Å². The Labute approximate surface area is 104 Å². The molecule has 1 N–H and O–H groups in total. The van der Waals surface area contributed by atoms with Gasteiger partial charge in [0.2, 0.25) is 5.91 Å². The van der Waals surface area contributed by atoms with Crippen molar-refractivity contribution in [3.05, 3.63) is 0 Å². The van der Waals surface area contributed by atoms with Gasteiger partial charge in [-0.05, 0) is 20.8 Å². The predicted octanol–water partition coefficient (Wildman–Crippen LogP) is 0.268. The van der Waals surface area contributed by atoms with E-state index in [-0.39, 0.29) is 11.7 Å². The average molecular weight is 264 g/mol. The van der Waals surface area contributed by atoms with Crippen molar-refractivity contribution in [1.82, 2.24) is 10.2 Å². The third-order valence-corrected chi connectivity index (χ3v) is 5.10. The first kappa shape index (κ1) is 16.4. The van der Waals surface area contributed by atoms with E-state index in [0.29, 0.717) is 19.5 Å². The Kier molecular flexibility index (Phi) is 6.12. The third kappa shape index (κ3) is 6.02. The van der Waals surface area contributed by atoms with E-state index in [1.807, 2.05) is 0 Å². The molecule has 0 atom stereocenters. The molecule has 0 spiro atoms.